The minimum Gasteiger partial charge on any atom is -0.494 e. The molecular weight excluding hydrogens is 467 g/mol. The summed E-state index contributed by atoms with van der Waals surface area (Å²) >= 11 is 12.4. The number of halogens is 2. The molecule has 0 N–H and O–H groups in total. The van der Waals surface area contributed by atoms with E-state index in [4.69, 9.17) is 32.4 Å². The molecule has 4 rings (SSSR count). The Kier molecular flexibility index (Phi) is 8.62. The van der Waals surface area contributed by atoms with Crippen molar-refractivity contribution < 1.29 is 9.15 Å². The molecule has 1 aromatic heterocycles. The van der Waals surface area contributed by atoms with Gasteiger partial charge in [-0.3, -0.25) is 0 Å². The van der Waals surface area contributed by atoms with E-state index in [0.717, 1.165) is 41.0 Å². The molecule has 0 aliphatic heterocycles. The van der Waals surface area contributed by atoms with Crippen LogP contribution in [0.15, 0.2) is 71.1 Å². The lowest BCUT2D eigenvalue weighted by molar-refractivity contribution is 0.304. The van der Waals surface area contributed by atoms with Gasteiger partial charge in [0, 0.05) is 26.7 Å². The summed E-state index contributed by atoms with van der Waals surface area (Å²) in [5.41, 5.74) is 3.53. The van der Waals surface area contributed by atoms with Crippen LogP contribution in [0.25, 0.3) is 34.0 Å². The molecule has 0 unspecified atom stereocenters. The standard InChI is InChI=1S/C28H28Cl2N2O2/c1-2-3-4-5-6-7-18-33-24-15-12-22(13-16-24)28-32-31-27(34-28)21-10-8-20(9-11-21)25-19-23(29)14-17-26(25)30/h8-17,19H,2-7,18H2,1H3. The van der Waals surface area contributed by atoms with Crippen LogP contribution in [0.1, 0.15) is 45.4 Å². The molecule has 0 saturated carbocycles. The van der Waals surface area contributed by atoms with Gasteiger partial charge in [0.25, 0.3) is 0 Å². The molecule has 0 bridgehead atoms. The highest BCUT2D eigenvalue weighted by molar-refractivity contribution is 6.35. The maximum atomic E-state index is 6.32. The molecule has 4 aromatic rings. The summed E-state index contributed by atoms with van der Waals surface area (Å²) in [6, 6.07) is 21.0. The van der Waals surface area contributed by atoms with Gasteiger partial charge in [-0.05, 0) is 66.6 Å². The second-order valence-electron chi connectivity index (χ2n) is 8.25. The van der Waals surface area contributed by atoms with E-state index in [1.807, 2.05) is 54.6 Å². The number of nitrogens with zero attached hydrogens (tertiary/aromatic N) is 2. The highest BCUT2D eigenvalue weighted by Gasteiger charge is 2.12. The van der Waals surface area contributed by atoms with Crippen LogP contribution in [0.5, 0.6) is 5.75 Å². The SMILES string of the molecule is CCCCCCCCOc1ccc(-c2nnc(-c3ccc(-c4cc(Cl)ccc4Cl)cc3)o2)cc1. The van der Waals surface area contributed by atoms with Gasteiger partial charge in [0.15, 0.2) is 0 Å². The molecule has 0 fully saturated rings. The Hall–Kier alpha value is -2.82. The molecule has 34 heavy (non-hydrogen) atoms. The summed E-state index contributed by atoms with van der Waals surface area (Å²) in [5.74, 6) is 1.79. The largest absolute Gasteiger partial charge is 0.494 e. The first-order chi connectivity index (χ1) is 16.6. The van der Waals surface area contributed by atoms with E-state index < -0.39 is 0 Å². The van der Waals surface area contributed by atoms with Crippen LogP contribution in [0.3, 0.4) is 0 Å². The van der Waals surface area contributed by atoms with Crippen molar-refractivity contribution in [2.45, 2.75) is 45.4 Å². The van der Waals surface area contributed by atoms with E-state index in [0.29, 0.717) is 21.8 Å². The molecule has 176 valence electrons. The van der Waals surface area contributed by atoms with Gasteiger partial charge in [-0.1, -0.05) is 74.4 Å². The Morgan fingerprint density at radius 3 is 1.97 bits per heavy atom. The van der Waals surface area contributed by atoms with Crippen molar-refractivity contribution in [3.05, 3.63) is 76.8 Å². The molecule has 0 spiro atoms. The fraction of sp³-hybridized carbons (Fsp3) is 0.286. The van der Waals surface area contributed by atoms with Crippen LogP contribution >= 0.6 is 23.2 Å². The van der Waals surface area contributed by atoms with Crippen molar-refractivity contribution in [1.29, 1.82) is 0 Å². The number of unbranched alkanes of at least 4 members (excludes halogenated alkanes) is 5. The predicted octanol–water partition coefficient (Wildman–Crippen LogP) is 9.12. The summed E-state index contributed by atoms with van der Waals surface area (Å²) in [6.45, 7) is 2.98. The fourth-order valence-electron chi connectivity index (χ4n) is 3.73. The first kappa shape index (κ1) is 24.3. The van der Waals surface area contributed by atoms with E-state index in [-0.39, 0.29) is 0 Å². The molecule has 0 radical (unpaired) electrons. The second kappa shape index (κ2) is 12.0. The number of rotatable bonds is 11. The first-order valence-corrected chi connectivity index (χ1v) is 12.5. The zero-order chi connectivity index (χ0) is 23.8. The molecule has 0 atom stereocenters. The number of hydrogen-bond donors (Lipinski definition) is 0. The number of ether oxygens (including phenoxy) is 1. The zero-order valence-corrected chi connectivity index (χ0v) is 20.8. The Morgan fingerprint density at radius 2 is 1.29 bits per heavy atom. The number of benzene rings is 3. The van der Waals surface area contributed by atoms with Crippen molar-refractivity contribution >= 4 is 23.2 Å². The third kappa shape index (κ3) is 6.40. The smallest absolute Gasteiger partial charge is 0.248 e. The number of aromatic nitrogens is 2. The van der Waals surface area contributed by atoms with Gasteiger partial charge in [-0.15, -0.1) is 10.2 Å². The summed E-state index contributed by atoms with van der Waals surface area (Å²) < 4.78 is 11.8. The van der Waals surface area contributed by atoms with Crippen molar-refractivity contribution in [2.75, 3.05) is 6.61 Å². The van der Waals surface area contributed by atoms with Crippen molar-refractivity contribution in [2.24, 2.45) is 0 Å². The van der Waals surface area contributed by atoms with E-state index in [2.05, 4.69) is 17.1 Å². The molecule has 0 aliphatic carbocycles. The molecule has 4 nitrogen and oxygen atoms in total. The lowest BCUT2D eigenvalue weighted by Crippen LogP contribution is -1.97. The average Bonchev–Trinajstić information content (AvgIpc) is 3.36. The third-order valence-electron chi connectivity index (χ3n) is 5.66. The monoisotopic (exact) mass is 494 g/mol. The highest BCUT2D eigenvalue weighted by Crippen LogP contribution is 2.32. The molecule has 1 heterocycles. The van der Waals surface area contributed by atoms with Crippen molar-refractivity contribution in [3.63, 3.8) is 0 Å². The van der Waals surface area contributed by atoms with Crippen LogP contribution in [0, 0.1) is 0 Å². The van der Waals surface area contributed by atoms with E-state index in [1.165, 1.54) is 32.1 Å². The summed E-state index contributed by atoms with van der Waals surface area (Å²) in [5, 5.41) is 9.72. The summed E-state index contributed by atoms with van der Waals surface area (Å²) in [6.07, 6.45) is 7.50. The second-order valence-corrected chi connectivity index (χ2v) is 9.10. The zero-order valence-electron chi connectivity index (χ0n) is 19.3. The van der Waals surface area contributed by atoms with Gasteiger partial charge in [-0.25, -0.2) is 0 Å². The molecule has 6 heteroatoms. The van der Waals surface area contributed by atoms with Gasteiger partial charge < -0.3 is 9.15 Å². The Labute approximate surface area is 210 Å². The van der Waals surface area contributed by atoms with Gasteiger partial charge in [0.2, 0.25) is 11.8 Å². The lowest BCUT2D eigenvalue weighted by Gasteiger charge is -2.06. The Bertz CT molecular complexity index is 1190. The highest BCUT2D eigenvalue weighted by atomic mass is 35.5. The quantitative estimate of drug-likeness (QED) is 0.195. The molecular formula is C28H28Cl2N2O2. The Morgan fingerprint density at radius 1 is 0.706 bits per heavy atom. The molecule has 0 amide bonds. The fourth-order valence-corrected chi connectivity index (χ4v) is 4.13. The van der Waals surface area contributed by atoms with Gasteiger partial charge in [-0.2, -0.15) is 0 Å². The predicted molar refractivity (Wildman–Crippen MR) is 139 cm³/mol. The van der Waals surface area contributed by atoms with Crippen molar-refractivity contribution in [3.8, 4) is 39.8 Å². The van der Waals surface area contributed by atoms with Gasteiger partial charge in [0.05, 0.1) is 6.61 Å². The van der Waals surface area contributed by atoms with Crippen LogP contribution in [-0.4, -0.2) is 16.8 Å². The van der Waals surface area contributed by atoms with Crippen LogP contribution in [0.2, 0.25) is 10.0 Å². The van der Waals surface area contributed by atoms with Gasteiger partial charge >= 0.3 is 0 Å². The van der Waals surface area contributed by atoms with E-state index >= 15 is 0 Å². The van der Waals surface area contributed by atoms with Crippen LogP contribution in [-0.2, 0) is 0 Å². The molecule has 0 saturated heterocycles. The lowest BCUT2D eigenvalue weighted by atomic mass is 10.0. The van der Waals surface area contributed by atoms with E-state index in [9.17, 15) is 0 Å². The van der Waals surface area contributed by atoms with Gasteiger partial charge in [0.1, 0.15) is 5.75 Å². The normalized spacial score (nSPS) is 11.0. The molecule has 3 aromatic carbocycles. The third-order valence-corrected chi connectivity index (χ3v) is 6.23. The maximum absolute atomic E-state index is 6.32. The van der Waals surface area contributed by atoms with Crippen molar-refractivity contribution in [1.82, 2.24) is 10.2 Å². The van der Waals surface area contributed by atoms with E-state index in [1.54, 1.807) is 12.1 Å². The minimum absolute atomic E-state index is 0.460. The topological polar surface area (TPSA) is 48.2 Å². The van der Waals surface area contributed by atoms with Crippen LogP contribution in [0.4, 0.5) is 0 Å². The average molecular weight is 495 g/mol. The summed E-state index contributed by atoms with van der Waals surface area (Å²) in [7, 11) is 0. The summed E-state index contributed by atoms with van der Waals surface area (Å²) in [4.78, 5) is 0. The Balaban J connectivity index is 1.35. The molecule has 0 aliphatic rings. The first-order valence-electron chi connectivity index (χ1n) is 11.8. The maximum Gasteiger partial charge on any atom is 0.248 e. The minimum atomic E-state index is 0.460. The number of hydrogen-bond acceptors (Lipinski definition) is 4. The van der Waals surface area contributed by atoms with Crippen LogP contribution < -0.4 is 4.74 Å².